The van der Waals surface area contributed by atoms with Gasteiger partial charge in [0.25, 0.3) is 0 Å². The van der Waals surface area contributed by atoms with E-state index < -0.39 is 34.1 Å². The van der Waals surface area contributed by atoms with Gasteiger partial charge in [-0.3, -0.25) is 4.79 Å². The van der Waals surface area contributed by atoms with Crippen LogP contribution in [0.1, 0.15) is 6.42 Å². The summed E-state index contributed by atoms with van der Waals surface area (Å²) in [5.41, 5.74) is -5.35. The summed E-state index contributed by atoms with van der Waals surface area (Å²) in [6.07, 6.45) is -1.22. The number of methoxy groups -OCH3 is 1. The molecular weight excluding hydrogens is 279 g/mol. The number of carbonyl (C=O) groups excluding carboxylic acids is 1. The van der Waals surface area contributed by atoms with Crippen LogP contribution in [0.4, 0.5) is 13.2 Å². The lowest BCUT2D eigenvalue weighted by Crippen LogP contribution is -2.50. The van der Waals surface area contributed by atoms with Gasteiger partial charge in [-0.05, 0) is 0 Å². The first-order chi connectivity index (χ1) is 8.18. The lowest BCUT2D eigenvalue weighted by atomic mass is 10.2. The zero-order valence-electron chi connectivity index (χ0n) is 9.44. The molecule has 1 aliphatic heterocycles. The van der Waals surface area contributed by atoms with Gasteiger partial charge < -0.3 is 9.47 Å². The first-order valence-corrected chi connectivity index (χ1v) is 6.37. The van der Waals surface area contributed by atoms with Gasteiger partial charge in [0, 0.05) is 13.1 Å². The van der Waals surface area contributed by atoms with Gasteiger partial charge in [0.2, 0.25) is 0 Å². The zero-order valence-corrected chi connectivity index (χ0v) is 10.3. The molecular formula is C8H12F3NO5S. The average molecular weight is 291 g/mol. The minimum Gasteiger partial charge on any atom is -0.469 e. The molecule has 1 aliphatic rings. The highest BCUT2D eigenvalue weighted by Gasteiger charge is 2.51. The lowest BCUT2D eigenvalue weighted by molar-refractivity contribution is -0.145. The van der Waals surface area contributed by atoms with Crippen LogP contribution in [0.2, 0.25) is 0 Å². The van der Waals surface area contributed by atoms with Gasteiger partial charge in [0.05, 0.1) is 26.2 Å². The molecule has 0 aromatic heterocycles. The van der Waals surface area contributed by atoms with E-state index in [1.807, 2.05) is 0 Å². The fraction of sp³-hybridized carbons (Fsp3) is 0.875. The zero-order chi connectivity index (χ0) is 14.0. The third kappa shape index (κ3) is 3.33. The van der Waals surface area contributed by atoms with Crippen molar-refractivity contribution in [3.8, 4) is 0 Å². The van der Waals surface area contributed by atoms with Crippen LogP contribution in [0.5, 0.6) is 0 Å². The molecule has 0 aromatic carbocycles. The second-order valence-electron chi connectivity index (χ2n) is 3.58. The number of alkyl halides is 3. The largest absolute Gasteiger partial charge is 0.511 e. The van der Waals surface area contributed by atoms with E-state index in [4.69, 9.17) is 4.74 Å². The molecule has 0 bridgehead atoms. The lowest BCUT2D eigenvalue weighted by Gasteiger charge is -2.31. The van der Waals surface area contributed by atoms with E-state index in [1.54, 1.807) is 0 Å². The monoisotopic (exact) mass is 291 g/mol. The van der Waals surface area contributed by atoms with Crippen LogP contribution < -0.4 is 0 Å². The first kappa shape index (κ1) is 15.2. The van der Waals surface area contributed by atoms with Crippen molar-refractivity contribution in [2.45, 2.75) is 18.0 Å². The smallest absolute Gasteiger partial charge is 0.469 e. The number of morpholine rings is 1. The maximum Gasteiger partial charge on any atom is 0.511 e. The van der Waals surface area contributed by atoms with Crippen LogP contribution in [0, 0.1) is 0 Å². The third-order valence-corrected chi connectivity index (χ3v) is 3.95. The van der Waals surface area contributed by atoms with Crippen LogP contribution in [0.3, 0.4) is 0 Å². The number of hydrogen-bond acceptors (Lipinski definition) is 5. The standard InChI is InChI=1S/C8H12F3NO5S/c1-16-7(13)4-6-5-12(2-3-17-6)18(14,15)8(9,10)11/h6H,2-5H2,1H3. The summed E-state index contributed by atoms with van der Waals surface area (Å²) in [4.78, 5) is 10.9. The molecule has 0 saturated carbocycles. The van der Waals surface area contributed by atoms with E-state index in [9.17, 15) is 26.4 Å². The van der Waals surface area contributed by atoms with E-state index >= 15 is 0 Å². The maximum atomic E-state index is 12.3. The number of nitrogens with zero attached hydrogens (tertiary/aromatic N) is 1. The Morgan fingerprint density at radius 2 is 2.11 bits per heavy atom. The van der Waals surface area contributed by atoms with Crippen LogP contribution in [-0.2, 0) is 24.3 Å². The quantitative estimate of drug-likeness (QED) is 0.690. The Morgan fingerprint density at radius 3 is 2.61 bits per heavy atom. The van der Waals surface area contributed by atoms with Gasteiger partial charge in [0.15, 0.2) is 0 Å². The predicted molar refractivity (Wildman–Crippen MR) is 52.9 cm³/mol. The fourth-order valence-electron chi connectivity index (χ4n) is 1.45. The summed E-state index contributed by atoms with van der Waals surface area (Å²) in [5, 5.41) is 0. The summed E-state index contributed by atoms with van der Waals surface area (Å²) in [6, 6.07) is 0. The van der Waals surface area contributed by atoms with Gasteiger partial charge in [-0.2, -0.15) is 17.5 Å². The molecule has 0 radical (unpaired) electrons. The normalized spacial score (nSPS) is 22.8. The number of ether oxygens (including phenoxy) is 2. The van der Waals surface area contributed by atoms with Crippen LogP contribution >= 0.6 is 0 Å². The minimum absolute atomic E-state index is 0.197. The van der Waals surface area contributed by atoms with Gasteiger partial charge in [-0.15, -0.1) is 0 Å². The Kier molecular flexibility index (Phi) is 4.56. The molecule has 10 heteroatoms. The molecule has 6 nitrogen and oxygen atoms in total. The minimum atomic E-state index is -5.37. The number of sulfonamides is 1. The number of esters is 1. The molecule has 1 unspecified atom stereocenters. The molecule has 0 spiro atoms. The molecule has 1 saturated heterocycles. The maximum absolute atomic E-state index is 12.3. The highest BCUT2D eigenvalue weighted by molar-refractivity contribution is 7.90. The van der Waals surface area contributed by atoms with Crippen molar-refractivity contribution in [3.63, 3.8) is 0 Å². The number of halogens is 3. The van der Waals surface area contributed by atoms with Crippen LogP contribution in [-0.4, -0.2) is 57.1 Å². The molecule has 0 amide bonds. The van der Waals surface area contributed by atoms with E-state index in [-0.39, 0.29) is 23.9 Å². The number of hydrogen-bond donors (Lipinski definition) is 0. The van der Waals surface area contributed by atoms with Crippen molar-refractivity contribution in [1.29, 1.82) is 0 Å². The van der Waals surface area contributed by atoms with Gasteiger partial charge >= 0.3 is 21.5 Å². The molecule has 106 valence electrons. The topological polar surface area (TPSA) is 72.9 Å². The second-order valence-corrected chi connectivity index (χ2v) is 5.51. The molecule has 0 N–H and O–H groups in total. The number of carbonyl (C=O) groups is 1. The Bertz CT molecular complexity index is 407. The van der Waals surface area contributed by atoms with Crippen molar-refractivity contribution < 1.29 is 35.9 Å². The van der Waals surface area contributed by atoms with E-state index in [2.05, 4.69) is 4.74 Å². The van der Waals surface area contributed by atoms with E-state index in [0.717, 1.165) is 7.11 Å². The molecule has 18 heavy (non-hydrogen) atoms. The molecule has 1 heterocycles. The van der Waals surface area contributed by atoms with Crippen molar-refractivity contribution in [1.82, 2.24) is 4.31 Å². The molecule has 1 atom stereocenters. The number of rotatable bonds is 3. The van der Waals surface area contributed by atoms with Crippen molar-refractivity contribution in [3.05, 3.63) is 0 Å². The Labute approximate surface area is 102 Å². The third-order valence-electron chi connectivity index (χ3n) is 2.36. The molecule has 1 fully saturated rings. The Hall–Kier alpha value is -0.870. The first-order valence-electron chi connectivity index (χ1n) is 4.93. The summed E-state index contributed by atoms with van der Waals surface area (Å²) in [7, 11) is -4.25. The predicted octanol–water partition coefficient (Wildman–Crippen LogP) is 0.0999. The van der Waals surface area contributed by atoms with Gasteiger partial charge in [-0.25, -0.2) is 8.42 Å². The van der Waals surface area contributed by atoms with Crippen LogP contribution in [0.25, 0.3) is 0 Å². The van der Waals surface area contributed by atoms with Gasteiger partial charge in [-0.1, -0.05) is 0 Å². The van der Waals surface area contributed by atoms with Gasteiger partial charge in [0.1, 0.15) is 0 Å². The highest BCUT2D eigenvalue weighted by atomic mass is 32.2. The Morgan fingerprint density at radius 1 is 1.50 bits per heavy atom. The summed E-state index contributed by atoms with van der Waals surface area (Å²) in [5.74, 6) is -0.675. The average Bonchev–Trinajstić information content (AvgIpc) is 2.27. The highest BCUT2D eigenvalue weighted by Crippen LogP contribution is 2.28. The van der Waals surface area contributed by atoms with Crippen molar-refractivity contribution in [2.24, 2.45) is 0 Å². The van der Waals surface area contributed by atoms with Crippen LogP contribution in [0.15, 0.2) is 0 Å². The molecule has 1 rings (SSSR count). The van der Waals surface area contributed by atoms with E-state index in [0.29, 0.717) is 0 Å². The summed E-state index contributed by atoms with van der Waals surface area (Å²) in [6.45, 7) is -1.10. The van der Waals surface area contributed by atoms with E-state index in [1.165, 1.54) is 0 Å². The molecule has 0 aromatic rings. The van der Waals surface area contributed by atoms with Crippen molar-refractivity contribution in [2.75, 3.05) is 26.8 Å². The SMILES string of the molecule is COC(=O)CC1CN(S(=O)(=O)C(F)(F)F)CCO1. The fourth-order valence-corrected chi connectivity index (χ4v) is 2.42. The molecule has 0 aliphatic carbocycles. The Balaban J connectivity index is 2.73. The summed E-state index contributed by atoms with van der Waals surface area (Å²) >= 11 is 0. The second kappa shape index (κ2) is 5.41. The summed E-state index contributed by atoms with van der Waals surface area (Å²) < 4.78 is 68.8. The van der Waals surface area contributed by atoms with Crippen molar-refractivity contribution >= 4 is 16.0 Å².